The minimum atomic E-state index is -0.427. The molecule has 0 aliphatic rings. The van der Waals surface area contributed by atoms with Crippen molar-refractivity contribution in [1.82, 2.24) is 4.98 Å². The summed E-state index contributed by atoms with van der Waals surface area (Å²) in [4.78, 5) is 13.7. The van der Waals surface area contributed by atoms with Crippen molar-refractivity contribution in [2.45, 2.75) is 6.92 Å². The molecule has 4 nitrogen and oxygen atoms in total. The van der Waals surface area contributed by atoms with Crippen LogP contribution in [0.3, 0.4) is 0 Å². The topological polar surface area (TPSA) is 57.0 Å². The Morgan fingerprint density at radius 3 is 2.41 bits per heavy atom. The molecule has 0 amide bonds. The second-order valence-corrected chi connectivity index (χ2v) is 3.89. The number of hydrogen-bond acceptors (Lipinski definition) is 2. The Labute approximate surface area is 97.8 Å². The molecule has 0 bridgehead atoms. The second-order valence-electron chi connectivity index (χ2n) is 3.89. The Morgan fingerprint density at radius 1 is 1.24 bits per heavy atom. The highest BCUT2D eigenvalue weighted by molar-refractivity contribution is 5.37. The largest absolute Gasteiger partial charge is 0.490 e. The number of nitrogens with zero attached hydrogens (tertiary/aromatic N) is 1. The number of aromatic amines is 1. The number of rotatable bonds is 1. The number of aromatic nitrogens is 2. The van der Waals surface area contributed by atoms with E-state index in [1.165, 1.54) is 0 Å². The third-order valence-electron chi connectivity index (χ3n) is 2.63. The Morgan fingerprint density at radius 2 is 1.82 bits per heavy atom. The molecule has 0 aromatic carbocycles. The molecule has 2 N–H and O–H groups in total. The predicted octanol–water partition coefficient (Wildman–Crippen LogP) is -0.514. The van der Waals surface area contributed by atoms with Crippen molar-refractivity contribution in [3.05, 3.63) is 50.9 Å². The molecule has 0 unspecified atom stereocenters. The van der Waals surface area contributed by atoms with Gasteiger partial charge in [-0.3, -0.25) is 9.78 Å². The van der Waals surface area contributed by atoms with Crippen molar-refractivity contribution in [3.8, 4) is 11.6 Å². The van der Waals surface area contributed by atoms with E-state index in [2.05, 4.69) is 18.1 Å². The van der Waals surface area contributed by atoms with Gasteiger partial charge in [0.1, 0.15) is 0 Å². The third-order valence-corrected chi connectivity index (χ3v) is 2.63. The van der Waals surface area contributed by atoms with Crippen LogP contribution < -0.4 is 20.6 Å². The van der Waals surface area contributed by atoms with Gasteiger partial charge >= 0.3 is 0 Å². The highest BCUT2D eigenvalue weighted by Gasteiger charge is 2.15. The van der Waals surface area contributed by atoms with Gasteiger partial charge in [0, 0.05) is 17.4 Å². The standard InChI is InChI=1S/C13H12N2O2/c1-8-4-6-15(7-5-8)11-9(2)10(3)12(16)14-13(11)17/h4-7H,2-3H2,1H3,(H-,14,16,17)/p+1. The maximum atomic E-state index is 11.4. The maximum Gasteiger partial charge on any atom is 0.278 e. The van der Waals surface area contributed by atoms with E-state index in [-0.39, 0.29) is 11.1 Å². The third kappa shape index (κ3) is 1.85. The summed E-state index contributed by atoms with van der Waals surface area (Å²) in [7, 11) is 0. The van der Waals surface area contributed by atoms with Crippen molar-refractivity contribution < 1.29 is 9.67 Å². The van der Waals surface area contributed by atoms with Crippen molar-refractivity contribution in [2.75, 3.05) is 0 Å². The SMILES string of the molecule is C=c1c(-[n+]2ccc(C)cc2)c(O)[nH]c(=O)c1=C. The van der Waals surface area contributed by atoms with Crippen LogP contribution in [0.5, 0.6) is 5.88 Å². The van der Waals surface area contributed by atoms with Crippen LogP contribution in [0.15, 0.2) is 29.3 Å². The van der Waals surface area contributed by atoms with Gasteiger partial charge in [0.2, 0.25) is 0 Å². The van der Waals surface area contributed by atoms with Crippen LogP contribution in [-0.2, 0) is 0 Å². The zero-order chi connectivity index (χ0) is 12.6. The first-order valence-electron chi connectivity index (χ1n) is 5.12. The maximum absolute atomic E-state index is 11.4. The molecule has 0 radical (unpaired) electrons. The van der Waals surface area contributed by atoms with Crippen molar-refractivity contribution in [2.24, 2.45) is 0 Å². The second kappa shape index (κ2) is 3.90. The predicted molar refractivity (Wildman–Crippen MR) is 65.3 cm³/mol. The van der Waals surface area contributed by atoms with E-state index < -0.39 is 5.56 Å². The summed E-state index contributed by atoms with van der Waals surface area (Å²) < 4.78 is 1.69. The molecule has 86 valence electrons. The van der Waals surface area contributed by atoms with Crippen LogP contribution in [0, 0.1) is 6.92 Å². The lowest BCUT2D eigenvalue weighted by Gasteiger charge is -2.00. The van der Waals surface area contributed by atoms with Crippen LogP contribution >= 0.6 is 0 Å². The van der Waals surface area contributed by atoms with Gasteiger partial charge in [-0.2, -0.15) is 4.57 Å². The zero-order valence-electron chi connectivity index (χ0n) is 9.53. The molecule has 0 atom stereocenters. The summed E-state index contributed by atoms with van der Waals surface area (Å²) in [5, 5.41) is 10.4. The molecule has 4 heteroatoms. The van der Waals surface area contributed by atoms with E-state index in [1.807, 2.05) is 19.1 Å². The lowest BCUT2D eigenvalue weighted by Crippen LogP contribution is -2.47. The van der Waals surface area contributed by atoms with Gasteiger partial charge in [0.15, 0.2) is 12.4 Å². The first kappa shape index (κ1) is 11.1. The van der Waals surface area contributed by atoms with E-state index >= 15 is 0 Å². The molecule has 0 spiro atoms. The highest BCUT2D eigenvalue weighted by Crippen LogP contribution is 2.03. The summed E-state index contributed by atoms with van der Waals surface area (Å²) in [5.74, 6) is -0.207. The molecule has 17 heavy (non-hydrogen) atoms. The minimum Gasteiger partial charge on any atom is -0.490 e. The van der Waals surface area contributed by atoms with Crippen molar-refractivity contribution >= 4 is 13.2 Å². The Kier molecular flexibility index (Phi) is 2.55. The number of aromatic hydroxyl groups is 1. The summed E-state index contributed by atoms with van der Waals surface area (Å²) in [6.45, 7) is 9.38. The molecule has 0 saturated heterocycles. The monoisotopic (exact) mass is 229 g/mol. The molecular weight excluding hydrogens is 216 g/mol. The first-order valence-corrected chi connectivity index (χ1v) is 5.12. The quantitative estimate of drug-likeness (QED) is 0.647. The van der Waals surface area contributed by atoms with E-state index in [1.54, 1.807) is 17.0 Å². The number of pyridine rings is 2. The average molecular weight is 229 g/mol. The Bertz CT molecular complexity index is 715. The molecular formula is C13H13N2O2+. The fourth-order valence-corrected chi connectivity index (χ4v) is 1.59. The highest BCUT2D eigenvalue weighted by atomic mass is 16.3. The van der Waals surface area contributed by atoms with Crippen LogP contribution in [-0.4, -0.2) is 10.1 Å². The fourth-order valence-electron chi connectivity index (χ4n) is 1.59. The lowest BCUT2D eigenvalue weighted by molar-refractivity contribution is -0.597. The molecule has 2 aromatic heterocycles. The van der Waals surface area contributed by atoms with Gasteiger partial charge in [-0.1, -0.05) is 13.2 Å². The van der Waals surface area contributed by atoms with Gasteiger partial charge in [-0.15, -0.1) is 0 Å². The Balaban J connectivity index is 2.81. The van der Waals surface area contributed by atoms with Crippen molar-refractivity contribution in [3.63, 3.8) is 0 Å². The molecule has 2 rings (SSSR count). The molecule has 2 aromatic rings. The smallest absolute Gasteiger partial charge is 0.278 e. The average Bonchev–Trinajstić information content (AvgIpc) is 2.29. The number of H-pyrrole nitrogens is 1. The van der Waals surface area contributed by atoms with Crippen LogP contribution in [0.1, 0.15) is 5.56 Å². The van der Waals surface area contributed by atoms with E-state index in [0.29, 0.717) is 10.9 Å². The summed E-state index contributed by atoms with van der Waals surface area (Å²) in [5.41, 5.74) is 1.11. The fraction of sp³-hybridized carbons (Fsp3) is 0.0769. The summed E-state index contributed by atoms with van der Waals surface area (Å²) in [6, 6.07) is 3.79. The minimum absolute atomic E-state index is 0.207. The van der Waals surface area contributed by atoms with Crippen molar-refractivity contribution in [1.29, 1.82) is 0 Å². The van der Waals surface area contributed by atoms with Crippen LogP contribution in [0.25, 0.3) is 18.8 Å². The number of aryl methyl sites for hydroxylation is 1. The molecule has 0 saturated carbocycles. The lowest BCUT2D eigenvalue weighted by atomic mass is 10.2. The van der Waals surface area contributed by atoms with E-state index in [0.717, 1.165) is 5.56 Å². The van der Waals surface area contributed by atoms with Crippen LogP contribution in [0.2, 0.25) is 0 Å². The molecule has 0 aliphatic carbocycles. The van der Waals surface area contributed by atoms with Gasteiger partial charge in [0.05, 0.1) is 5.22 Å². The normalized spacial score (nSPS) is 10.4. The van der Waals surface area contributed by atoms with E-state index in [4.69, 9.17) is 0 Å². The summed E-state index contributed by atoms with van der Waals surface area (Å²) in [6.07, 6.45) is 3.58. The van der Waals surface area contributed by atoms with Gasteiger partial charge < -0.3 is 5.11 Å². The van der Waals surface area contributed by atoms with E-state index in [9.17, 15) is 9.90 Å². The molecule has 2 heterocycles. The molecule has 0 aliphatic heterocycles. The van der Waals surface area contributed by atoms with Crippen LogP contribution in [0.4, 0.5) is 0 Å². The zero-order valence-corrected chi connectivity index (χ0v) is 9.53. The first-order chi connectivity index (χ1) is 8.00. The van der Waals surface area contributed by atoms with Gasteiger partial charge in [-0.05, 0) is 12.5 Å². The number of nitrogens with one attached hydrogen (secondary N) is 1. The van der Waals surface area contributed by atoms with Gasteiger partial charge in [-0.25, -0.2) is 0 Å². The Hall–Kier alpha value is -2.36. The number of hydrogen-bond donors (Lipinski definition) is 2. The molecule has 0 fully saturated rings. The van der Waals surface area contributed by atoms with Gasteiger partial charge in [0.25, 0.3) is 17.1 Å². The summed E-state index contributed by atoms with van der Waals surface area (Å²) >= 11 is 0.